The van der Waals surface area contributed by atoms with Gasteiger partial charge in [0.05, 0.1) is 27.6 Å². The van der Waals surface area contributed by atoms with E-state index in [0.29, 0.717) is 0 Å². The molecule has 4 aliphatic carbocycles. The van der Waals surface area contributed by atoms with Gasteiger partial charge in [-0.25, -0.2) is 0 Å². The SMILES string of the molecule is CC1(C)c2ccccc2-c2cc3c4cc(-c5ccccc5)ccc4n(-c4cccc5c4-c4ccccc4C54c5ccccc5C5(c6ccccc6-c6ccccc65)c5ccccc54)c3cc21. The van der Waals surface area contributed by atoms with Gasteiger partial charge in [-0.1, -0.05) is 208 Å². The molecule has 15 rings (SSSR count). The Labute approximate surface area is 384 Å². The van der Waals surface area contributed by atoms with Gasteiger partial charge in [-0.2, -0.15) is 0 Å². The van der Waals surface area contributed by atoms with E-state index in [1.807, 2.05) is 0 Å². The lowest BCUT2D eigenvalue weighted by Gasteiger charge is -2.48. The summed E-state index contributed by atoms with van der Waals surface area (Å²) in [6, 6.07) is 85.7. The topological polar surface area (TPSA) is 4.93 Å². The van der Waals surface area contributed by atoms with Crippen molar-refractivity contribution in [3.05, 3.63) is 280 Å². The van der Waals surface area contributed by atoms with Crippen LogP contribution in [-0.4, -0.2) is 4.57 Å². The highest BCUT2D eigenvalue weighted by Crippen LogP contribution is 2.68. The zero-order valence-corrected chi connectivity index (χ0v) is 36.8. The Hall–Kier alpha value is -8.00. The predicted molar refractivity (Wildman–Crippen MR) is 272 cm³/mol. The fourth-order valence-electron chi connectivity index (χ4n) is 13.7. The van der Waals surface area contributed by atoms with E-state index in [-0.39, 0.29) is 5.41 Å². The molecule has 0 radical (unpaired) electrons. The highest BCUT2D eigenvalue weighted by atomic mass is 15.0. The van der Waals surface area contributed by atoms with Crippen LogP contribution in [0.3, 0.4) is 0 Å². The number of benzene rings is 10. The smallest absolute Gasteiger partial charge is 0.0720 e. The highest BCUT2D eigenvalue weighted by Gasteiger charge is 2.59. The molecule has 0 fully saturated rings. The lowest BCUT2D eigenvalue weighted by Crippen LogP contribution is -2.43. The predicted octanol–water partition coefficient (Wildman–Crippen LogP) is 15.8. The summed E-state index contributed by atoms with van der Waals surface area (Å²) in [4.78, 5) is 0. The van der Waals surface area contributed by atoms with Crippen LogP contribution in [0.15, 0.2) is 224 Å². The highest BCUT2D eigenvalue weighted by molar-refractivity contribution is 6.13. The second-order valence-corrected chi connectivity index (χ2v) is 19.4. The molecule has 10 aromatic carbocycles. The van der Waals surface area contributed by atoms with E-state index in [0.717, 1.165) is 0 Å². The van der Waals surface area contributed by atoms with Crippen molar-refractivity contribution in [2.75, 3.05) is 0 Å². The van der Waals surface area contributed by atoms with E-state index in [1.54, 1.807) is 0 Å². The van der Waals surface area contributed by atoms with Gasteiger partial charge in [0.1, 0.15) is 0 Å². The summed E-state index contributed by atoms with van der Waals surface area (Å²) in [6.45, 7) is 4.80. The summed E-state index contributed by atoms with van der Waals surface area (Å²) in [7, 11) is 0. The van der Waals surface area contributed by atoms with Crippen LogP contribution in [-0.2, 0) is 16.2 Å². The molecule has 0 amide bonds. The van der Waals surface area contributed by atoms with Crippen molar-refractivity contribution in [2.45, 2.75) is 30.1 Å². The van der Waals surface area contributed by atoms with Crippen molar-refractivity contribution in [1.29, 1.82) is 0 Å². The first-order valence-electron chi connectivity index (χ1n) is 23.4. The zero-order valence-electron chi connectivity index (χ0n) is 36.8. The van der Waals surface area contributed by atoms with Crippen LogP contribution in [0.5, 0.6) is 0 Å². The number of hydrogen-bond donors (Lipinski definition) is 0. The normalized spacial score (nSPS) is 15.5. The van der Waals surface area contributed by atoms with E-state index in [1.165, 1.54) is 128 Å². The second kappa shape index (κ2) is 12.6. The van der Waals surface area contributed by atoms with Gasteiger partial charge in [0.25, 0.3) is 0 Å². The molecular weight excluding hydrogens is 795 g/mol. The summed E-state index contributed by atoms with van der Waals surface area (Å²) in [5.74, 6) is 0. The summed E-state index contributed by atoms with van der Waals surface area (Å²) < 4.78 is 2.61. The molecule has 4 aliphatic rings. The Balaban J connectivity index is 1.07. The van der Waals surface area contributed by atoms with Crippen LogP contribution in [0.4, 0.5) is 0 Å². The molecule has 1 heterocycles. The molecule has 0 bridgehead atoms. The Morgan fingerprint density at radius 1 is 0.288 bits per heavy atom. The molecule has 0 N–H and O–H groups in total. The van der Waals surface area contributed by atoms with Crippen molar-refractivity contribution in [3.8, 4) is 50.2 Å². The van der Waals surface area contributed by atoms with Crippen LogP contribution >= 0.6 is 0 Å². The molecule has 0 saturated heterocycles. The molecular formula is C65H43N. The maximum absolute atomic E-state index is 2.61. The third kappa shape index (κ3) is 4.19. The number of rotatable bonds is 2. The standard InChI is InChI=1S/C65H43N/c1-63(2)49-25-10-6-23-44(49)46-38-48-47-37-41(40-19-4-3-5-20-40)35-36-59(47)66(61(48)39-58(46)63)60-34-18-33-57-62(60)45-24-9-13-28-52(45)65(57)55-31-16-14-29-53(55)64(54-30-15-17-32-56(54)65)50-26-11-7-21-42(50)43-22-8-12-27-51(43)64/h3-39H,1-2H3. The minimum absolute atomic E-state index is 0.144. The molecule has 0 saturated carbocycles. The van der Waals surface area contributed by atoms with Gasteiger partial charge >= 0.3 is 0 Å². The lowest BCUT2D eigenvalue weighted by molar-refractivity contribution is 0.633. The van der Waals surface area contributed by atoms with E-state index in [2.05, 4.69) is 243 Å². The molecule has 0 unspecified atom stereocenters. The largest absolute Gasteiger partial charge is 0.309 e. The van der Waals surface area contributed by atoms with Crippen molar-refractivity contribution >= 4 is 21.8 Å². The number of aromatic nitrogens is 1. The van der Waals surface area contributed by atoms with Crippen LogP contribution in [0, 0.1) is 0 Å². The fourth-order valence-corrected chi connectivity index (χ4v) is 13.7. The van der Waals surface area contributed by atoms with Crippen LogP contribution < -0.4 is 0 Å². The lowest BCUT2D eigenvalue weighted by atomic mass is 9.52. The van der Waals surface area contributed by atoms with Gasteiger partial charge in [-0.15, -0.1) is 0 Å². The van der Waals surface area contributed by atoms with Crippen molar-refractivity contribution in [3.63, 3.8) is 0 Å². The monoisotopic (exact) mass is 837 g/mol. The fraction of sp³-hybridized carbons (Fsp3) is 0.0769. The zero-order chi connectivity index (χ0) is 43.5. The Bertz CT molecular complexity index is 3820. The van der Waals surface area contributed by atoms with Crippen LogP contribution in [0.1, 0.15) is 69.5 Å². The van der Waals surface area contributed by atoms with Gasteiger partial charge in [-0.05, 0) is 125 Å². The van der Waals surface area contributed by atoms with Crippen LogP contribution in [0.2, 0.25) is 0 Å². The maximum Gasteiger partial charge on any atom is 0.0720 e. The molecule has 2 spiro atoms. The third-order valence-electron chi connectivity index (χ3n) is 16.3. The Kier molecular flexibility index (Phi) is 6.95. The summed E-state index contributed by atoms with van der Waals surface area (Å²) in [5, 5.41) is 2.55. The van der Waals surface area contributed by atoms with Crippen molar-refractivity contribution in [1.82, 2.24) is 4.57 Å². The molecule has 66 heavy (non-hydrogen) atoms. The molecule has 1 aromatic heterocycles. The second-order valence-electron chi connectivity index (χ2n) is 19.4. The number of nitrogens with zero attached hydrogens (tertiary/aromatic N) is 1. The quantitative estimate of drug-likeness (QED) is 0.163. The average molecular weight is 838 g/mol. The first kappa shape index (κ1) is 36.4. The third-order valence-corrected chi connectivity index (χ3v) is 16.3. The molecule has 0 aliphatic heterocycles. The maximum atomic E-state index is 2.61. The molecule has 0 atom stereocenters. The van der Waals surface area contributed by atoms with Crippen LogP contribution in [0.25, 0.3) is 72.0 Å². The van der Waals surface area contributed by atoms with Gasteiger partial charge < -0.3 is 4.57 Å². The molecule has 1 nitrogen and oxygen atoms in total. The Morgan fingerprint density at radius 3 is 1.35 bits per heavy atom. The van der Waals surface area contributed by atoms with Crippen molar-refractivity contribution in [2.24, 2.45) is 0 Å². The van der Waals surface area contributed by atoms with E-state index in [4.69, 9.17) is 0 Å². The van der Waals surface area contributed by atoms with Gasteiger partial charge in [0, 0.05) is 21.8 Å². The van der Waals surface area contributed by atoms with Gasteiger partial charge in [0.2, 0.25) is 0 Å². The minimum Gasteiger partial charge on any atom is -0.309 e. The summed E-state index contributed by atoms with van der Waals surface area (Å²) in [6.07, 6.45) is 0. The summed E-state index contributed by atoms with van der Waals surface area (Å²) in [5.41, 5.74) is 26.4. The minimum atomic E-state index is -0.572. The molecule has 11 aromatic rings. The first-order chi connectivity index (χ1) is 32.5. The van der Waals surface area contributed by atoms with Gasteiger partial charge in [-0.3, -0.25) is 0 Å². The molecule has 1 heteroatoms. The average Bonchev–Trinajstić information content (AvgIpc) is 4.04. The summed E-state index contributed by atoms with van der Waals surface area (Å²) >= 11 is 0. The van der Waals surface area contributed by atoms with E-state index in [9.17, 15) is 0 Å². The van der Waals surface area contributed by atoms with Crippen molar-refractivity contribution < 1.29 is 0 Å². The van der Waals surface area contributed by atoms with E-state index < -0.39 is 10.8 Å². The Morgan fingerprint density at radius 2 is 0.742 bits per heavy atom. The van der Waals surface area contributed by atoms with Gasteiger partial charge in [0.15, 0.2) is 0 Å². The molecule has 308 valence electrons. The number of hydrogen-bond acceptors (Lipinski definition) is 0. The first-order valence-corrected chi connectivity index (χ1v) is 23.4. The number of fused-ring (bicyclic) bond motifs is 22. The van der Waals surface area contributed by atoms with E-state index >= 15 is 0 Å².